The van der Waals surface area contributed by atoms with Gasteiger partial charge in [0.05, 0.1) is 17.6 Å². The summed E-state index contributed by atoms with van der Waals surface area (Å²) in [5.41, 5.74) is 2.55. The molecule has 1 heterocycles. The lowest BCUT2D eigenvalue weighted by atomic mass is 9.92. The smallest absolute Gasteiger partial charge is 0.269 e. The molecule has 172 valence electrons. The number of hydrogen-bond acceptors (Lipinski definition) is 8. The minimum Gasteiger partial charge on any atom is -0.356 e. The van der Waals surface area contributed by atoms with Crippen LogP contribution in [-0.4, -0.2) is 53.0 Å². The van der Waals surface area contributed by atoms with Gasteiger partial charge in [0.2, 0.25) is 5.91 Å². The van der Waals surface area contributed by atoms with Crippen molar-refractivity contribution in [3.05, 3.63) is 70.0 Å². The predicted octanol–water partition coefficient (Wildman–Crippen LogP) is 1.85. The van der Waals surface area contributed by atoms with Gasteiger partial charge in [-0.25, -0.2) is 5.48 Å². The highest BCUT2D eigenvalue weighted by Gasteiger charge is 2.25. The fourth-order valence-corrected chi connectivity index (χ4v) is 3.03. The third kappa shape index (κ3) is 8.02. The first-order valence-corrected chi connectivity index (χ1v) is 9.98. The standard InChI is InChI=1S/C21H26N4O7/c1-2-31-14-32-13-18(23-20(26)16-5-7-19(8-6-16)25(29)30)11-17(21(27)24-28)10-15-4-3-9-22-12-15/h3-9,12,17-18,28H,2,10-11,13-14H2,1H3,(H,23,26)(H,24,27). The summed E-state index contributed by atoms with van der Waals surface area (Å²) in [4.78, 5) is 39.2. The number of carbonyl (C=O) groups excluding carboxylic acids is 2. The van der Waals surface area contributed by atoms with Gasteiger partial charge in [-0.05, 0) is 43.5 Å². The van der Waals surface area contributed by atoms with Crippen LogP contribution in [0.4, 0.5) is 5.69 Å². The average Bonchev–Trinajstić information content (AvgIpc) is 2.81. The van der Waals surface area contributed by atoms with Crippen LogP contribution in [0.1, 0.15) is 29.3 Å². The summed E-state index contributed by atoms with van der Waals surface area (Å²) in [7, 11) is 0. The Balaban J connectivity index is 2.12. The van der Waals surface area contributed by atoms with Gasteiger partial charge in [-0.1, -0.05) is 6.07 Å². The number of ether oxygens (including phenoxy) is 2. The monoisotopic (exact) mass is 446 g/mol. The van der Waals surface area contributed by atoms with E-state index >= 15 is 0 Å². The molecule has 0 bridgehead atoms. The fourth-order valence-electron chi connectivity index (χ4n) is 3.03. The average molecular weight is 446 g/mol. The number of hydrogen-bond donors (Lipinski definition) is 3. The Labute approximate surface area is 184 Å². The second-order valence-electron chi connectivity index (χ2n) is 6.93. The predicted molar refractivity (Wildman–Crippen MR) is 113 cm³/mol. The summed E-state index contributed by atoms with van der Waals surface area (Å²) in [6.45, 7) is 2.34. The van der Waals surface area contributed by atoms with Crippen LogP contribution in [-0.2, 0) is 20.7 Å². The molecule has 0 saturated heterocycles. The zero-order valence-electron chi connectivity index (χ0n) is 17.6. The minimum atomic E-state index is -0.679. The number of rotatable bonds is 13. The minimum absolute atomic E-state index is 0.0138. The number of amides is 2. The van der Waals surface area contributed by atoms with Crippen LogP contribution < -0.4 is 10.8 Å². The van der Waals surface area contributed by atoms with Crippen molar-refractivity contribution in [2.45, 2.75) is 25.8 Å². The molecule has 0 aliphatic carbocycles. The third-order valence-electron chi connectivity index (χ3n) is 4.62. The number of non-ortho nitro benzene ring substituents is 1. The van der Waals surface area contributed by atoms with Gasteiger partial charge in [0, 0.05) is 42.6 Å². The van der Waals surface area contributed by atoms with E-state index in [1.807, 2.05) is 6.92 Å². The van der Waals surface area contributed by atoms with Gasteiger partial charge in [-0.2, -0.15) is 0 Å². The molecule has 2 aromatic rings. The Morgan fingerprint density at radius 2 is 1.97 bits per heavy atom. The van der Waals surface area contributed by atoms with Crippen molar-refractivity contribution in [3.8, 4) is 0 Å². The first kappa shape index (κ1) is 24.9. The lowest BCUT2D eigenvalue weighted by molar-refractivity contribution is -0.384. The molecule has 2 rings (SSSR count). The zero-order chi connectivity index (χ0) is 23.3. The second-order valence-corrected chi connectivity index (χ2v) is 6.93. The van der Waals surface area contributed by atoms with Gasteiger partial charge in [0.15, 0.2) is 0 Å². The zero-order valence-corrected chi connectivity index (χ0v) is 17.6. The maximum atomic E-state index is 12.7. The van der Waals surface area contributed by atoms with E-state index in [0.717, 1.165) is 5.56 Å². The molecule has 2 unspecified atom stereocenters. The Kier molecular flexibility index (Phi) is 10.2. The summed E-state index contributed by atoms with van der Waals surface area (Å²) in [5, 5.41) is 22.8. The molecule has 3 N–H and O–H groups in total. The Bertz CT molecular complexity index is 877. The van der Waals surface area contributed by atoms with Crippen LogP contribution in [0.5, 0.6) is 0 Å². The normalized spacial score (nSPS) is 12.6. The van der Waals surface area contributed by atoms with E-state index in [9.17, 15) is 19.7 Å². The molecule has 1 aromatic carbocycles. The lowest BCUT2D eigenvalue weighted by Gasteiger charge is -2.23. The van der Waals surface area contributed by atoms with Crippen molar-refractivity contribution in [2.75, 3.05) is 20.0 Å². The summed E-state index contributed by atoms with van der Waals surface area (Å²) >= 11 is 0. The van der Waals surface area contributed by atoms with Crippen molar-refractivity contribution < 1.29 is 29.2 Å². The third-order valence-corrected chi connectivity index (χ3v) is 4.62. The molecule has 0 aliphatic heterocycles. The Morgan fingerprint density at radius 3 is 2.56 bits per heavy atom. The number of nitro groups is 1. The highest BCUT2D eigenvalue weighted by Crippen LogP contribution is 2.16. The van der Waals surface area contributed by atoms with Crippen molar-refractivity contribution in [1.82, 2.24) is 15.8 Å². The van der Waals surface area contributed by atoms with Gasteiger partial charge in [-0.15, -0.1) is 0 Å². The molecule has 11 heteroatoms. The number of nitrogens with one attached hydrogen (secondary N) is 2. The van der Waals surface area contributed by atoms with E-state index < -0.39 is 28.7 Å². The Hall–Kier alpha value is -3.41. The van der Waals surface area contributed by atoms with E-state index in [1.54, 1.807) is 30.0 Å². The summed E-state index contributed by atoms with van der Waals surface area (Å²) in [6.07, 6.45) is 3.68. The van der Waals surface area contributed by atoms with Crippen LogP contribution in [0.25, 0.3) is 0 Å². The molecule has 11 nitrogen and oxygen atoms in total. The quantitative estimate of drug-likeness (QED) is 0.139. The van der Waals surface area contributed by atoms with Crippen LogP contribution in [0.15, 0.2) is 48.8 Å². The van der Waals surface area contributed by atoms with Crippen LogP contribution in [0, 0.1) is 16.0 Å². The molecule has 1 aromatic heterocycles. The maximum absolute atomic E-state index is 12.7. The van der Waals surface area contributed by atoms with E-state index in [-0.39, 0.29) is 37.5 Å². The molecular weight excluding hydrogens is 420 g/mol. The van der Waals surface area contributed by atoms with Crippen molar-refractivity contribution in [2.24, 2.45) is 5.92 Å². The molecule has 0 saturated carbocycles. The van der Waals surface area contributed by atoms with Gasteiger partial charge >= 0.3 is 0 Å². The molecule has 0 aliphatic rings. The van der Waals surface area contributed by atoms with E-state index in [2.05, 4.69) is 10.3 Å². The summed E-state index contributed by atoms with van der Waals surface area (Å²) in [5.74, 6) is -1.76. The van der Waals surface area contributed by atoms with E-state index in [4.69, 9.17) is 14.7 Å². The number of carbonyl (C=O) groups is 2. The second kappa shape index (κ2) is 13.1. The molecule has 2 amide bonds. The van der Waals surface area contributed by atoms with E-state index in [0.29, 0.717) is 6.61 Å². The van der Waals surface area contributed by atoms with E-state index in [1.165, 1.54) is 24.3 Å². The van der Waals surface area contributed by atoms with Crippen molar-refractivity contribution in [1.29, 1.82) is 0 Å². The molecular formula is C21H26N4O7. The van der Waals surface area contributed by atoms with Crippen LogP contribution >= 0.6 is 0 Å². The number of aromatic nitrogens is 1. The van der Waals surface area contributed by atoms with Crippen LogP contribution in [0.3, 0.4) is 0 Å². The number of pyridine rings is 1. The Morgan fingerprint density at radius 1 is 1.22 bits per heavy atom. The fraction of sp³-hybridized carbons (Fsp3) is 0.381. The van der Waals surface area contributed by atoms with Gasteiger partial charge in [0.25, 0.3) is 11.6 Å². The topological polar surface area (TPSA) is 153 Å². The summed E-state index contributed by atoms with van der Waals surface area (Å²) < 4.78 is 10.6. The largest absolute Gasteiger partial charge is 0.356 e. The summed E-state index contributed by atoms with van der Waals surface area (Å²) in [6, 6.07) is 8.11. The maximum Gasteiger partial charge on any atom is 0.269 e. The van der Waals surface area contributed by atoms with Crippen LogP contribution in [0.2, 0.25) is 0 Å². The number of hydroxylamine groups is 1. The number of benzene rings is 1. The van der Waals surface area contributed by atoms with Crippen molar-refractivity contribution >= 4 is 17.5 Å². The number of nitrogens with zero attached hydrogens (tertiary/aromatic N) is 2. The highest BCUT2D eigenvalue weighted by molar-refractivity contribution is 5.94. The van der Waals surface area contributed by atoms with Gasteiger partial charge in [0.1, 0.15) is 6.79 Å². The lowest BCUT2D eigenvalue weighted by Crippen LogP contribution is -2.42. The highest BCUT2D eigenvalue weighted by atomic mass is 16.7. The van der Waals surface area contributed by atoms with Gasteiger partial charge < -0.3 is 14.8 Å². The molecule has 0 fully saturated rings. The molecule has 2 atom stereocenters. The first-order valence-electron chi connectivity index (χ1n) is 9.98. The molecule has 0 spiro atoms. The number of nitro benzene ring substituents is 1. The van der Waals surface area contributed by atoms with Crippen molar-refractivity contribution in [3.63, 3.8) is 0 Å². The molecule has 0 radical (unpaired) electrons. The SMILES string of the molecule is CCOCOCC(CC(Cc1cccnc1)C(=O)NO)NC(=O)c1ccc([N+](=O)[O-])cc1. The first-order chi connectivity index (χ1) is 15.4. The van der Waals surface area contributed by atoms with Gasteiger partial charge in [-0.3, -0.25) is 29.9 Å². The molecule has 32 heavy (non-hydrogen) atoms.